The number of nitrogens with zero attached hydrogens (tertiary/aromatic N) is 1. The predicted molar refractivity (Wildman–Crippen MR) is 79.1 cm³/mol. The molecule has 0 spiro atoms. The van der Waals surface area contributed by atoms with Crippen LogP contribution in [0.1, 0.15) is 23.0 Å². The highest BCUT2D eigenvalue weighted by Crippen LogP contribution is 2.21. The zero-order valence-electron chi connectivity index (χ0n) is 11.5. The molecule has 2 aromatic heterocycles. The summed E-state index contributed by atoms with van der Waals surface area (Å²) < 4.78 is 5.28. The Kier molecular flexibility index (Phi) is 3.06. The van der Waals surface area contributed by atoms with E-state index in [4.69, 9.17) is 4.42 Å². The van der Waals surface area contributed by atoms with Gasteiger partial charge in [0.15, 0.2) is 5.58 Å². The van der Waals surface area contributed by atoms with Gasteiger partial charge in [0.1, 0.15) is 5.69 Å². The van der Waals surface area contributed by atoms with Crippen LogP contribution in [0.25, 0.3) is 11.1 Å². The lowest BCUT2D eigenvalue weighted by molar-refractivity contribution is 0.0984. The molecule has 1 amide bonds. The lowest BCUT2D eigenvalue weighted by Crippen LogP contribution is -2.30. The zero-order valence-corrected chi connectivity index (χ0v) is 11.5. The Morgan fingerprint density at radius 3 is 2.85 bits per heavy atom. The minimum atomic E-state index is -0.0514. The second-order valence-corrected chi connectivity index (χ2v) is 4.77. The number of hydrogen-bond donors (Lipinski definition) is 1. The largest absolute Gasteiger partial charge is 0.463 e. The van der Waals surface area contributed by atoms with Crippen LogP contribution in [0.4, 0.5) is 5.69 Å². The number of hydrogen-bond acceptors (Lipinski definition) is 2. The molecule has 4 heteroatoms. The van der Waals surface area contributed by atoms with Gasteiger partial charge in [0.25, 0.3) is 5.91 Å². The first kappa shape index (κ1) is 12.5. The molecule has 1 N–H and O–H groups in total. The van der Waals surface area contributed by atoms with Crippen LogP contribution < -0.4 is 4.90 Å². The molecule has 0 fully saturated rings. The van der Waals surface area contributed by atoms with Gasteiger partial charge in [0.2, 0.25) is 0 Å². The number of aryl methyl sites for hydroxylation is 1. The Labute approximate surface area is 117 Å². The summed E-state index contributed by atoms with van der Waals surface area (Å²) in [5.41, 5.74) is 4.13. The molecule has 3 aromatic rings. The monoisotopic (exact) mass is 268 g/mol. The van der Waals surface area contributed by atoms with E-state index < -0.39 is 0 Å². The lowest BCUT2D eigenvalue weighted by atomic mass is 10.2. The fourth-order valence-corrected chi connectivity index (χ4v) is 2.35. The normalized spacial score (nSPS) is 10.9. The number of aromatic nitrogens is 1. The Morgan fingerprint density at radius 1 is 1.30 bits per heavy atom. The molecule has 0 radical (unpaired) electrons. The van der Waals surface area contributed by atoms with Gasteiger partial charge in [0.05, 0.1) is 11.8 Å². The standard InChI is InChI=1S/C16H16N2O2/c1-3-18(12-6-4-5-11(2)9-12)16(19)14-10-15-13(17-14)7-8-20-15/h4-10,17H,3H2,1-2H3. The van der Waals surface area contributed by atoms with Crippen LogP contribution in [0.2, 0.25) is 0 Å². The maximum absolute atomic E-state index is 12.6. The van der Waals surface area contributed by atoms with Gasteiger partial charge in [-0.3, -0.25) is 4.79 Å². The summed E-state index contributed by atoms with van der Waals surface area (Å²) in [6.45, 7) is 4.60. The summed E-state index contributed by atoms with van der Waals surface area (Å²) in [5, 5.41) is 0. The molecule has 3 rings (SSSR count). The lowest BCUT2D eigenvalue weighted by Gasteiger charge is -2.20. The summed E-state index contributed by atoms with van der Waals surface area (Å²) in [6.07, 6.45) is 1.60. The van der Waals surface area contributed by atoms with Gasteiger partial charge >= 0.3 is 0 Å². The molecule has 4 nitrogen and oxygen atoms in total. The van der Waals surface area contributed by atoms with Crippen LogP contribution in [0.15, 0.2) is 47.1 Å². The molecule has 0 aliphatic carbocycles. The molecule has 0 saturated carbocycles. The summed E-state index contributed by atoms with van der Waals surface area (Å²) in [6, 6.07) is 11.5. The molecule has 0 unspecified atom stereocenters. The number of rotatable bonds is 3. The van der Waals surface area contributed by atoms with Crippen molar-refractivity contribution >= 4 is 22.7 Å². The minimum absolute atomic E-state index is 0.0514. The Morgan fingerprint density at radius 2 is 2.15 bits per heavy atom. The van der Waals surface area contributed by atoms with Gasteiger partial charge in [-0.15, -0.1) is 0 Å². The topological polar surface area (TPSA) is 49.2 Å². The van der Waals surface area contributed by atoms with Crippen molar-refractivity contribution in [2.75, 3.05) is 11.4 Å². The van der Waals surface area contributed by atoms with Crippen molar-refractivity contribution in [2.45, 2.75) is 13.8 Å². The highest BCUT2D eigenvalue weighted by Gasteiger charge is 2.18. The smallest absolute Gasteiger partial charge is 0.274 e. The van der Waals surface area contributed by atoms with Gasteiger partial charge in [-0.1, -0.05) is 12.1 Å². The first-order valence-electron chi connectivity index (χ1n) is 6.64. The summed E-state index contributed by atoms with van der Waals surface area (Å²) in [4.78, 5) is 17.4. The van der Waals surface area contributed by atoms with Crippen LogP contribution in [0, 0.1) is 6.92 Å². The maximum atomic E-state index is 12.6. The minimum Gasteiger partial charge on any atom is -0.463 e. The molecular formula is C16H16N2O2. The molecule has 0 saturated heterocycles. The van der Waals surface area contributed by atoms with Gasteiger partial charge in [-0.2, -0.15) is 0 Å². The Balaban J connectivity index is 1.96. The van der Waals surface area contributed by atoms with E-state index in [0.717, 1.165) is 16.8 Å². The fraction of sp³-hybridized carbons (Fsp3) is 0.188. The third-order valence-corrected chi connectivity index (χ3v) is 3.35. The van der Waals surface area contributed by atoms with Crippen molar-refractivity contribution in [3.63, 3.8) is 0 Å². The Hall–Kier alpha value is -2.49. The summed E-state index contributed by atoms with van der Waals surface area (Å²) in [7, 11) is 0. The summed E-state index contributed by atoms with van der Waals surface area (Å²) in [5.74, 6) is -0.0514. The number of carbonyl (C=O) groups is 1. The van der Waals surface area contributed by atoms with Crippen molar-refractivity contribution in [1.29, 1.82) is 0 Å². The van der Waals surface area contributed by atoms with Crippen LogP contribution >= 0.6 is 0 Å². The molecule has 1 aromatic carbocycles. The van der Waals surface area contributed by atoms with Gasteiger partial charge in [-0.25, -0.2) is 0 Å². The third kappa shape index (κ3) is 2.09. The van der Waals surface area contributed by atoms with E-state index in [2.05, 4.69) is 4.98 Å². The van der Waals surface area contributed by atoms with Crippen molar-refractivity contribution in [3.8, 4) is 0 Å². The van der Waals surface area contributed by atoms with Crippen molar-refractivity contribution in [2.24, 2.45) is 0 Å². The maximum Gasteiger partial charge on any atom is 0.274 e. The van der Waals surface area contributed by atoms with Crippen LogP contribution in [-0.2, 0) is 0 Å². The number of amides is 1. The van der Waals surface area contributed by atoms with Gasteiger partial charge < -0.3 is 14.3 Å². The van der Waals surface area contributed by atoms with Crippen LogP contribution in [0.5, 0.6) is 0 Å². The van der Waals surface area contributed by atoms with E-state index in [0.29, 0.717) is 17.8 Å². The number of benzene rings is 1. The second-order valence-electron chi connectivity index (χ2n) is 4.77. The molecule has 0 atom stereocenters. The molecule has 0 aliphatic heterocycles. The molecule has 102 valence electrons. The zero-order chi connectivity index (χ0) is 14.1. The quantitative estimate of drug-likeness (QED) is 0.786. The first-order chi connectivity index (χ1) is 9.69. The van der Waals surface area contributed by atoms with E-state index in [9.17, 15) is 4.79 Å². The number of fused-ring (bicyclic) bond motifs is 1. The van der Waals surface area contributed by atoms with E-state index in [-0.39, 0.29) is 5.91 Å². The molecule has 0 bridgehead atoms. The number of aromatic amines is 1. The highest BCUT2D eigenvalue weighted by molar-refractivity contribution is 6.07. The molecule has 0 aliphatic rings. The fourth-order valence-electron chi connectivity index (χ4n) is 2.35. The van der Waals surface area contributed by atoms with Crippen LogP contribution in [-0.4, -0.2) is 17.4 Å². The van der Waals surface area contributed by atoms with E-state index in [1.807, 2.05) is 44.2 Å². The van der Waals surface area contributed by atoms with Crippen molar-refractivity contribution < 1.29 is 9.21 Å². The first-order valence-corrected chi connectivity index (χ1v) is 6.64. The molecule has 2 heterocycles. The van der Waals surface area contributed by atoms with Crippen LogP contribution in [0.3, 0.4) is 0 Å². The van der Waals surface area contributed by atoms with E-state index >= 15 is 0 Å². The van der Waals surface area contributed by atoms with Gasteiger partial charge in [-0.05, 0) is 31.5 Å². The second kappa shape index (κ2) is 4.89. The third-order valence-electron chi connectivity index (χ3n) is 3.35. The molecule has 20 heavy (non-hydrogen) atoms. The number of carbonyl (C=O) groups excluding carboxylic acids is 1. The number of nitrogens with one attached hydrogen (secondary N) is 1. The molecular weight excluding hydrogens is 252 g/mol. The van der Waals surface area contributed by atoms with E-state index in [1.54, 1.807) is 17.2 Å². The summed E-state index contributed by atoms with van der Waals surface area (Å²) >= 11 is 0. The number of anilines is 1. The SMILES string of the molecule is CCN(C(=O)c1cc2occc2[nH]1)c1cccc(C)c1. The van der Waals surface area contributed by atoms with E-state index in [1.165, 1.54) is 0 Å². The average molecular weight is 268 g/mol. The number of furan rings is 1. The Bertz CT molecular complexity index is 726. The highest BCUT2D eigenvalue weighted by atomic mass is 16.3. The van der Waals surface area contributed by atoms with Crippen molar-refractivity contribution in [3.05, 3.63) is 53.9 Å². The van der Waals surface area contributed by atoms with Gasteiger partial charge in [0, 0.05) is 24.4 Å². The predicted octanol–water partition coefficient (Wildman–Crippen LogP) is 3.74. The van der Waals surface area contributed by atoms with Crippen molar-refractivity contribution in [1.82, 2.24) is 4.98 Å². The number of H-pyrrole nitrogens is 1. The average Bonchev–Trinajstić information content (AvgIpc) is 3.00.